The van der Waals surface area contributed by atoms with Gasteiger partial charge in [0, 0.05) is 29.6 Å². The molecule has 3 aromatic rings. The molecule has 6 heteroatoms. The third kappa shape index (κ3) is 3.12. The van der Waals surface area contributed by atoms with Crippen LogP contribution in [0.5, 0.6) is 0 Å². The standard InChI is InChI=1S/C17H15N3O2S/c1-11-5-17(23(2)22)19-9-15(11)13-4-3-12-7-16(20-10-21)18-8-14(12)6-13/h3-10H,1-2H3,(H,18,20,21). The van der Waals surface area contributed by atoms with Gasteiger partial charge < -0.3 is 5.32 Å². The zero-order valence-corrected chi connectivity index (χ0v) is 13.6. The molecule has 0 saturated carbocycles. The molecule has 1 aromatic carbocycles. The molecular formula is C17H15N3O2S. The maximum absolute atomic E-state index is 11.5. The molecule has 0 bridgehead atoms. The minimum Gasteiger partial charge on any atom is -0.313 e. The Labute approximate surface area is 136 Å². The number of anilines is 1. The first kappa shape index (κ1) is 15.3. The van der Waals surface area contributed by atoms with Crippen molar-refractivity contribution >= 4 is 33.8 Å². The fraction of sp³-hybridized carbons (Fsp3) is 0.118. The van der Waals surface area contributed by atoms with Crippen molar-refractivity contribution in [1.29, 1.82) is 0 Å². The Kier molecular flexibility index (Phi) is 4.16. The van der Waals surface area contributed by atoms with Crippen LogP contribution in [0.2, 0.25) is 0 Å². The predicted molar refractivity (Wildman–Crippen MR) is 91.7 cm³/mol. The molecule has 1 N–H and O–H groups in total. The average Bonchev–Trinajstić information content (AvgIpc) is 2.54. The lowest BCUT2D eigenvalue weighted by Gasteiger charge is -2.09. The molecule has 3 rings (SSSR count). The number of pyridine rings is 2. The molecule has 1 amide bonds. The van der Waals surface area contributed by atoms with E-state index in [4.69, 9.17) is 0 Å². The fourth-order valence-corrected chi connectivity index (χ4v) is 2.98. The van der Waals surface area contributed by atoms with Crippen LogP contribution in [0.1, 0.15) is 5.56 Å². The molecule has 0 fully saturated rings. The third-order valence-electron chi connectivity index (χ3n) is 3.62. The Morgan fingerprint density at radius 1 is 1.09 bits per heavy atom. The molecule has 5 nitrogen and oxygen atoms in total. The maximum atomic E-state index is 11.5. The van der Waals surface area contributed by atoms with Crippen molar-refractivity contribution in [2.75, 3.05) is 11.6 Å². The second-order valence-corrected chi connectivity index (χ2v) is 6.51. The molecule has 0 aliphatic rings. The van der Waals surface area contributed by atoms with Crippen LogP contribution in [0.25, 0.3) is 21.9 Å². The summed E-state index contributed by atoms with van der Waals surface area (Å²) in [6.07, 6.45) is 5.71. The number of fused-ring (bicyclic) bond motifs is 1. The summed E-state index contributed by atoms with van der Waals surface area (Å²) in [5.74, 6) is 0.521. The maximum Gasteiger partial charge on any atom is 0.212 e. The van der Waals surface area contributed by atoms with E-state index in [0.717, 1.165) is 27.5 Å². The highest BCUT2D eigenvalue weighted by Crippen LogP contribution is 2.27. The molecule has 23 heavy (non-hydrogen) atoms. The second-order valence-electron chi connectivity index (χ2n) is 5.19. The van der Waals surface area contributed by atoms with E-state index in [0.29, 0.717) is 17.3 Å². The molecule has 0 saturated heterocycles. The lowest BCUT2D eigenvalue weighted by Crippen LogP contribution is -1.96. The van der Waals surface area contributed by atoms with E-state index >= 15 is 0 Å². The topological polar surface area (TPSA) is 72.0 Å². The molecule has 2 aromatic heterocycles. The number of amides is 1. The normalized spacial score (nSPS) is 12.1. The van der Waals surface area contributed by atoms with Gasteiger partial charge in [-0.1, -0.05) is 12.1 Å². The monoisotopic (exact) mass is 325 g/mol. The first-order valence-electron chi connectivity index (χ1n) is 6.99. The SMILES string of the molecule is Cc1cc(S(C)=O)ncc1-c1ccc2cc(NC=O)ncc2c1. The number of nitrogens with zero attached hydrogens (tertiary/aromatic N) is 2. The van der Waals surface area contributed by atoms with E-state index in [-0.39, 0.29) is 0 Å². The van der Waals surface area contributed by atoms with Crippen molar-refractivity contribution in [3.63, 3.8) is 0 Å². The third-order valence-corrected chi connectivity index (χ3v) is 4.43. The quantitative estimate of drug-likeness (QED) is 0.749. The van der Waals surface area contributed by atoms with E-state index in [2.05, 4.69) is 15.3 Å². The molecular weight excluding hydrogens is 310 g/mol. The highest BCUT2D eigenvalue weighted by atomic mass is 32.2. The number of rotatable bonds is 4. The number of benzene rings is 1. The van der Waals surface area contributed by atoms with Gasteiger partial charge >= 0.3 is 0 Å². The van der Waals surface area contributed by atoms with Crippen LogP contribution in [0, 0.1) is 6.92 Å². The highest BCUT2D eigenvalue weighted by molar-refractivity contribution is 7.84. The molecule has 1 atom stereocenters. The van der Waals surface area contributed by atoms with Gasteiger partial charge in [0.05, 0.1) is 10.8 Å². The Morgan fingerprint density at radius 3 is 2.61 bits per heavy atom. The number of hydrogen-bond acceptors (Lipinski definition) is 4. The molecule has 0 aliphatic heterocycles. The Bertz CT molecular complexity index is 925. The number of nitrogens with one attached hydrogen (secondary N) is 1. The molecule has 0 radical (unpaired) electrons. The summed E-state index contributed by atoms with van der Waals surface area (Å²) < 4.78 is 11.5. The van der Waals surface area contributed by atoms with Crippen LogP contribution in [0.4, 0.5) is 5.82 Å². The fourth-order valence-electron chi connectivity index (χ4n) is 2.44. The minimum absolute atomic E-state index is 0.521. The van der Waals surface area contributed by atoms with Crippen LogP contribution in [-0.4, -0.2) is 26.8 Å². The second kappa shape index (κ2) is 6.26. The van der Waals surface area contributed by atoms with Crippen LogP contribution in [-0.2, 0) is 15.6 Å². The zero-order chi connectivity index (χ0) is 16.4. The Morgan fingerprint density at radius 2 is 1.91 bits per heavy atom. The van der Waals surface area contributed by atoms with Gasteiger partial charge in [-0.3, -0.25) is 9.00 Å². The number of carbonyl (C=O) groups is 1. The first-order valence-corrected chi connectivity index (χ1v) is 8.55. The zero-order valence-electron chi connectivity index (χ0n) is 12.7. The summed E-state index contributed by atoms with van der Waals surface area (Å²) in [6, 6.07) is 9.68. The number of carbonyl (C=O) groups excluding carboxylic acids is 1. The predicted octanol–water partition coefficient (Wildman–Crippen LogP) is 2.91. The Hall–Kier alpha value is -2.60. The molecule has 116 valence electrons. The van der Waals surface area contributed by atoms with Crippen LogP contribution in [0.15, 0.2) is 47.8 Å². The van der Waals surface area contributed by atoms with Gasteiger partial charge in [-0.15, -0.1) is 0 Å². The van der Waals surface area contributed by atoms with Gasteiger partial charge in [-0.2, -0.15) is 0 Å². The van der Waals surface area contributed by atoms with Gasteiger partial charge in [0.2, 0.25) is 6.41 Å². The first-order chi connectivity index (χ1) is 11.1. The smallest absolute Gasteiger partial charge is 0.212 e. The summed E-state index contributed by atoms with van der Waals surface area (Å²) in [5.41, 5.74) is 3.04. The number of hydrogen-bond donors (Lipinski definition) is 1. The van der Waals surface area contributed by atoms with E-state index in [1.54, 1.807) is 18.6 Å². The summed E-state index contributed by atoms with van der Waals surface area (Å²) in [5, 5.41) is 5.09. The van der Waals surface area contributed by atoms with Crippen LogP contribution >= 0.6 is 0 Å². The van der Waals surface area contributed by atoms with E-state index < -0.39 is 10.8 Å². The van der Waals surface area contributed by atoms with Crippen molar-refractivity contribution in [2.45, 2.75) is 11.9 Å². The van der Waals surface area contributed by atoms with Gasteiger partial charge in [-0.05, 0) is 41.6 Å². The lowest BCUT2D eigenvalue weighted by atomic mass is 10.0. The van der Waals surface area contributed by atoms with Crippen molar-refractivity contribution in [2.24, 2.45) is 0 Å². The summed E-state index contributed by atoms with van der Waals surface area (Å²) in [6.45, 7) is 1.98. The van der Waals surface area contributed by atoms with Gasteiger partial charge in [0.15, 0.2) is 0 Å². The van der Waals surface area contributed by atoms with E-state index in [1.165, 1.54) is 0 Å². The molecule has 1 unspecified atom stereocenters. The van der Waals surface area contributed by atoms with Gasteiger partial charge in [0.25, 0.3) is 0 Å². The highest BCUT2D eigenvalue weighted by Gasteiger charge is 2.07. The number of aryl methyl sites for hydroxylation is 1. The molecule has 0 aliphatic carbocycles. The van der Waals surface area contributed by atoms with Gasteiger partial charge in [0.1, 0.15) is 10.8 Å². The van der Waals surface area contributed by atoms with Crippen molar-refractivity contribution < 1.29 is 9.00 Å². The average molecular weight is 325 g/mol. The van der Waals surface area contributed by atoms with Crippen LogP contribution in [0.3, 0.4) is 0 Å². The minimum atomic E-state index is -1.09. The largest absolute Gasteiger partial charge is 0.313 e. The summed E-state index contributed by atoms with van der Waals surface area (Å²) in [4.78, 5) is 18.9. The number of aromatic nitrogens is 2. The van der Waals surface area contributed by atoms with Crippen LogP contribution < -0.4 is 5.32 Å². The van der Waals surface area contributed by atoms with Crippen molar-refractivity contribution in [3.05, 3.63) is 48.3 Å². The molecule has 2 heterocycles. The lowest BCUT2D eigenvalue weighted by molar-refractivity contribution is -0.105. The van der Waals surface area contributed by atoms with E-state index in [9.17, 15) is 9.00 Å². The summed E-state index contributed by atoms with van der Waals surface area (Å²) >= 11 is 0. The van der Waals surface area contributed by atoms with Crippen molar-refractivity contribution in [3.8, 4) is 11.1 Å². The Balaban J connectivity index is 2.05. The molecule has 0 spiro atoms. The van der Waals surface area contributed by atoms with Crippen molar-refractivity contribution in [1.82, 2.24) is 9.97 Å². The van der Waals surface area contributed by atoms with Gasteiger partial charge in [-0.25, -0.2) is 9.97 Å². The summed E-state index contributed by atoms with van der Waals surface area (Å²) in [7, 11) is -1.09. The van der Waals surface area contributed by atoms with E-state index in [1.807, 2.05) is 37.3 Å².